The number of carbonyl (C=O) groups excluding carboxylic acids is 1. The van der Waals surface area contributed by atoms with Crippen LogP contribution in [0.5, 0.6) is 0 Å². The molecule has 0 radical (unpaired) electrons. The summed E-state index contributed by atoms with van der Waals surface area (Å²) in [6.07, 6.45) is 5.07. The molecule has 1 fully saturated rings. The molecule has 1 aromatic rings. The minimum Gasteiger partial charge on any atom is -0.327 e. The lowest BCUT2D eigenvalue weighted by molar-refractivity contribution is -0.122. The molecular formula is C15H21FN2O. The second kappa shape index (κ2) is 6.15. The molecule has 104 valence electrons. The Hall–Kier alpha value is -1.42. The highest BCUT2D eigenvalue weighted by Gasteiger charge is 2.29. The molecule has 2 N–H and O–H groups in total. The first-order valence-electron chi connectivity index (χ1n) is 6.88. The summed E-state index contributed by atoms with van der Waals surface area (Å²) < 4.78 is 12.9. The van der Waals surface area contributed by atoms with Gasteiger partial charge in [0.1, 0.15) is 5.82 Å². The van der Waals surface area contributed by atoms with Crippen LogP contribution in [0.3, 0.4) is 0 Å². The molecule has 0 aromatic heterocycles. The fourth-order valence-electron chi connectivity index (χ4n) is 2.68. The Balaban J connectivity index is 2.11. The van der Waals surface area contributed by atoms with E-state index in [1.54, 1.807) is 24.1 Å². The van der Waals surface area contributed by atoms with Crippen LogP contribution in [0, 0.1) is 11.7 Å². The van der Waals surface area contributed by atoms with Crippen LogP contribution in [0.1, 0.15) is 32.1 Å². The molecule has 0 aliphatic heterocycles. The van der Waals surface area contributed by atoms with Gasteiger partial charge in [0.25, 0.3) is 0 Å². The normalized spacial score (nSPS) is 23.7. The van der Waals surface area contributed by atoms with Gasteiger partial charge in [-0.05, 0) is 37.1 Å². The molecule has 0 bridgehead atoms. The van der Waals surface area contributed by atoms with Gasteiger partial charge in [-0.2, -0.15) is 0 Å². The second-order valence-corrected chi connectivity index (χ2v) is 5.28. The van der Waals surface area contributed by atoms with E-state index in [4.69, 9.17) is 5.73 Å². The van der Waals surface area contributed by atoms with Crippen LogP contribution >= 0.6 is 0 Å². The van der Waals surface area contributed by atoms with E-state index in [0.29, 0.717) is 5.69 Å². The Kier molecular flexibility index (Phi) is 4.53. The zero-order valence-electron chi connectivity index (χ0n) is 11.3. The lowest BCUT2D eigenvalue weighted by Crippen LogP contribution is -2.42. The van der Waals surface area contributed by atoms with Crippen molar-refractivity contribution < 1.29 is 9.18 Å². The number of hydrogen-bond acceptors (Lipinski definition) is 2. The van der Waals surface area contributed by atoms with Gasteiger partial charge in [0, 0.05) is 18.8 Å². The Labute approximate surface area is 113 Å². The molecule has 2 rings (SSSR count). The Morgan fingerprint density at radius 2 is 1.84 bits per heavy atom. The number of rotatable bonds is 2. The maximum absolute atomic E-state index is 12.9. The average molecular weight is 264 g/mol. The van der Waals surface area contributed by atoms with Gasteiger partial charge < -0.3 is 10.6 Å². The summed E-state index contributed by atoms with van der Waals surface area (Å²) in [6, 6.07) is 5.92. The number of hydrogen-bond donors (Lipinski definition) is 1. The first-order chi connectivity index (χ1) is 9.09. The number of amides is 1. The van der Waals surface area contributed by atoms with Gasteiger partial charge >= 0.3 is 0 Å². The number of benzene rings is 1. The largest absolute Gasteiger partial charge is 0.327 e. The predicted octanol–water partition coefficient (Wildman–Crippen LogP) is 2.70. The van der Waals surface area contributed by atoms with Crippen molar-refractivity contribution in [2.75, 3.05) is 11.9 Å². The van der Waals surface area contributed by atoms with Gasteiger partial charge in [0.15, 0.2) is 0 Å². The van der Waals surface area contributed by atoms with Crippen molar-refractivity contribution >= 4 is 11.6 Å². The second-order valence-electron chi connectivity index (χ2n) is 5.28. The highest BCUT2D eigenvalue weighted by molar-refractivity contribution is 5.94. The summed E-state index contributed by atoms with van der Waals surface area (Å²) in [6.45, 7) is 0. The number of nitrogens with zero attached hydrogens (tertiary/aromatic N) is 1. The minimum absolute atomic E-state index is 0.0426. The zero-order chi connectivity index (χ0) is 13.8. The van der Waals surface area contributed by atoms with Crippen LogP contribution in [-0.4, -0.2) is 19.0 Å². The van der Waals surface area contributed by atoms with E-state index in [0.717, 1.165) is 32.1 Å². The third kappa shape index (κ3) is 3.32. The molecule has 0 saturated heterocycles. The molecular weight excluding hydrogens is 243 g/mol. The molecule has 1 aromatic carbocycles. The van der Waals surface area contributed by atoms with E-state index in [9.17, 15) is 9.18 Å². The summed E-state index contributed by atoms with van der Waals surface area (Å²) in [7, 11) is 1.73. The number of nitrogens with two attached hydrogens (primary N) is 1. The van der Waals surface area contributed by atoms with Gasteiger partial charge in [-0.1, -0.05) is 19.3 Å². The van der Waals surface area contributed by atoms with E-state index in [1.165, 1.54) is 12.1 Å². The molecule has 2 unspecified atom stereocenters. The third-order valence-electron chi connectivity index (χ3n) is 3.93. The van der Waals surface area contributed by atoms with E-state index in [-0.39, 0.29) is 23.7 Å². The fraction of sp³-hybridized carbons (Fsp3) is 0.533. The maximum atomic E-state index is 12.9. The van der Waals surface area contributed by atoms with Crippen LogP contribution in [0.2, 0.25) is 0 Å². The van der Waals surface area contributed by atoms with Gasteiger partial charge in [-0.25, -0.2) is 4.39 Å². The average Bonchev–Trinajstić information content (AvgIpc) is 2.63. The smallest absolute Gasteiger partial charge is 0.231 e. The van der Waals surface area contributed by atoms with Gasteiger partial charge in [0.05, 0.1) is 5.92 Å². The topological polar surface area (TPSA) is 46.3 Å². The summed E-state index contributed by atoms with van der Waals surface area (Å²) in [5, 5.41) is 0. The number of halogens is 1. The van der Waals surface area contributed by atoms with E-state index >= 15 is 0 Å². The van der Waals surface area contributed by atoms with Crippen molar-refractivity contribution in [1.82, 2.24) is 0 Å². The highest BCUT2D eigenvalue weighted by atomic mass is 19.1. The Morgan fingerprint density at radius 1 is 1.21 bits per heavy atom. The summed E-state index contributed by atoms with van der Waals surface area (Å²) >= 11 is 0. The zero-order valence-corrected chi connectivity index (χ0v) is 11.3. The molecule has 1 saturated carbocycles. The fourth-order valence-corrected chi connectivity index (χ4v) is 2.68. The number of anilines is 1. The van der Waals surface area contributed by atoms with Gasteiger partial charge in [0.2, 0.25) is 5.91 Å². The van der Waals surface area contributed by atoms with Crippen LogP contribution in [0.4, 0.5) is 10.1 Å². The standard InChI is InChI=1S/C15H21FN2O/c1-18(12-9-7-11(16)8-10-12)15(19)13-5-3-2-4-6-14(13)17/h7-10,13-14H,2-6,17H2,1H3. The predicted molar refractivity (Wildman–Crippen MR) is 74.4 cm³/mol. The van der Waals surface area contributed by atoms with Crippen molar-refractivity contribution in [1.29, 1.82) is 0 Å². The highest BCUT2D eigenvalue weighted by Crippen LogP contribution is 2.25. The number of carbonyl (C=O) groups is 1. The molecule has 1 aliphatic carbocycles. The van der Waals surface area contributed by atoms with E-state index in [1.807, 2.05) is 0 Å². The van der Waals surface area contributed by atoms with Crippen LogP contribution in [0.15, 0.2) is 24.3 Å². The lowest BCUT2D eigenvalue weighted by Gasteiger charge is -2.26. The molecule has 0 spiro atoms. The maximum Gasteiger partial charge on any atom is 0.231 e. The summed E-state index contributed by atoms with van der Waals surface area (Å²) in [5.41, 5.74) is 6.82. The molecule has 4 heteroatoms. The molecule has 3 nitrogen and oxygen atoms in total. The van der Waals surface area contributed by atoms with Crippen LogP contribution in [-0.2, 0) is 4.79 Å². The molecule has 0 heterocycles. The molecule has 1 aliphatic rings. The third-order valence-corrected chi connectivity index (χ3v) is 3.93. The summed E-state index contributed by atoms with van der Waals surface area (Å²) in [5.74, 6) is -0.366. The minimum atomic E-state index is -0.296. The summed E-state index contributed by atoms with van der Waals surface area (Å²) in [4.78, 5) is 14.1. The Bertz CT molecular complexity index is 432. The van der Waals surface area contributed by atoms with Crippen LogP contribution < -0.4 is 10.6 Å². The van der Waals surface area contributed by atoms with E-state index < -0.39 is 0 Å². The van der Waals surface area contributed by atoms with E-state index in [2.05, 4.69) is 0 Å². The van der Waals surface area contributed by atoms with Crippen molar-refractivity contribution in [3.05, 3.63) is 30.1 Å². The van der Waals surface area contributed by atoms with Crippen molar-refractivity contribution in [2.45, 2.75) is 38.1 Å². The monoisotopic (exact) mass is 264 g/mol. The van der Waals surface area contributed by atoms with Crippen LogP contribution in [0.25, 0.3) is 0 Å². The van der Waals surface area contributed by atoms with Crippen molar-refractivity contribution in [2.24, 2.45) is 11.7 Å². The molecule has 19 heavy (non-hydrogen) atoms. The first-order valence-corrected chi connectivity index (χ1v) is 6.88. The lowest BCUT2D eigenvalue weighted by atomic mass is 9.94. The molecule has 2 atom stereocenters. The SMILES string of the molecule is CN(C(=O)C1CCCCCC1N)c1ccc(F)cc1. The van der Waals surface area contributed by atoms with Crippen molar-refractivity contribution in [3.63, 3.8) is 0 Å². The quantitative estimate of drug-likeness (QED) is 0.835. The van der Waals surface area contributed by atoms with Gasteiger partial charge in [-0.3, -0.25) is 4.79 Å². The molecule has 1 amide bonds. The van der Waals surface area contributed by atoms with Gasteiger partial charge in [-0.15, -0.1) is 0 Å². The van der Waals surface area contributed by atoms with Crippen molar-refractivity contribution in [3.8, 4) is 0 Å². The first kappa shape index (κ1) is 14.0. The Morgan fingerprint density at radius 3 is 2.53 bits per heavy atom.